The lowest BCUT2D eigenvalue weighted by molar-refractivity contribution is -0.394. The Balaban J connectivity index is 2.38. The molecule has 8 nitrogen and oxygen atoms in total. The van der Waals surface area contributed by atoms with Gasteiger partial charge in [0.1, 0.15) is 0 Å². The van der Waals surface area contributed by atoms with E-state index in [1.807, 2.05) is 0 Å². The van der Waals surface area contributed by atoms with Crippen molar-refractivity contribution >= 4 is 11.9 Å². The van der Waals surface area contributed by atoms with E-state index in [1.165, 1.54) is 18.1 Å². The van der Waals surface area contributed by atoms with Gasteiger partial charge in [0.05, 0.1) is 13.7 Å². The van der Waals surface area contributed by atoms with Crippen LogP contribution in [0.2, 0.25) is 0 Å². The van der Waals surface area contributed by atoms with E-state index in [0.717, 1.165) is 0 Å². The zero-order chi connectivity index (χ0) is 11.3. The van der Waals surface area contributed by atoms with Crippen molar-refractivity contribution in [2.75, 3.05) is 7.11 Å². The van der Waals surface area contributed by atoms with Crippen LogP contribution < -0.4 is 0 Å². The standard InChI is InChI=1S/C7H10N4O4/c1-15-6(12)3-2-4-10-5-8-7(9-10)11(13)14/h5H,2-4H2,1H3. The molecule has 0 saturated carbocycles. The van der Waals surface area contributed by atoms with Crippen LogP contribution in [0.1, 0.15) is 12.8 Å². The minimum Gasteiger partial charge on any atom is -0.469 e. The Bertz CT molecular complexity index is 362. The number of hydrogen-bond acceptors (Lipinski definition) is 6. The molecule has 0 atom stereocenters. The smallest absolute Gasteiger partial charge is 0.469 e. The van der Waals surface area contributed by atoms with Crippen molar-refractivity contribution in [2.45, 2.75) is 19.4 Å². The molecule has 1 heterocycles. The SMILES string of the molecule is COC(=O)CCCn1cnc([N+](=O)[O-])n1. The molecule has 0 bridgehead atoms. The highest BCUT2D eigenvalue weighted by atomic mass is 16.6. The number of carbonyl (C=O) groups excluding carboxylic acids is 1. The van der Waals surface area contributed by atoms with Gasteiger partial charge >= 0.3 is 11.9 Å². The molecule has 1 aromatic rings. The molecule has 8 heteroatoms. The second-order valence-corrected chi connectivity index (χ2v) is 2.74. The Morgan fingerprint density at radius 2 is 2.47 bits per heavy atom. The molecular weight excluding hydrogens is 204 g/mol. The lowest BCUT2D eigenvalue weighted by atomic mass is 10.3. The molecule has 0 aromatic carbocycles. The number of ether oxygens (including phenoxy) is 1. The minimum atomic E-state index is -0.670. The third-order valence-corrected chi connectivity index (χ3v) is 1.68. The Morgan fingerprint density at radius 3 is 3.00 bits per heavy atom. The van der Waals surface area contributed by atoms with E-state index in [4.69, 9.17) is 0 Å². The molecule has 0 fully saturated rings. The summed E-state index contributed by atoms with van der Waals surface area (Å²) in [4.78, 5) is 23.8. The maximum Gasteiger partial charge on any atom is 0.490 e. The van der Waals surface area contributed by atoms with Crippen molar-refractivity contribution in [1.82, 2.24) is 14.8 Å². The molecule has 0 amide bonds. The van der Waals surface area contributed by atoms with Gasteiger partial charge in [0.2, 0.25) is 6.33 Å². The summed E-state index contributed by atoms with van der Waals surface area (Å²) in [5, 5.41) is 13.8. The van der Waals surface area contributed by atoms with Crippen LogP contribution in [0.4, 0.5) is 5.95 Å². The predicted octanol–water partition coefficient (Wildman–Crippen LogP) is 0.139. The van der Waals surface area contributed by atoms with Crippen molar-refractivity contribution in [3.05, 3.63) is 16.4 Å². The number of methoxy groups -OCH3 is 1. The molecule has 0 radical (unpaired) electrons. The van der Waals surface area contributed by atoms with Crippen molar-refractivity contribution < 1.29 is 14.5 Å². The van der Waals surface area contributed by atoms with Crippen LogP contribution in [0.25, 0.3) is 0 Å². The fourth-order valence-electron chi connectivity index (χ4n) is 0.964. The van der Waals surface area contributed by atoms with E-state index < -0.39 is 10.9 Å². The van der Waals surface area contributed by atoms with Crippen LogP contribution >= 0.6 is 0 Å². The molecule has 1 aromatic heterocycles. The molecule has 0 N–H and O–H groups in total. The van der Waals surface area contributed by atoms with Gasteiger partial charge in [0.25, 0.3) is 0 Å². The van der Waals surface area contributed by atoms with E-state index in [-0.39, 0.29) is 12.4 Å². The van der Waals surface area contributed by atoms with Gasteiger partial charge in [-0.15, -0.1) is 0 Å². The Labute approximate surface area is 85.0 Å². The highest BCUT2D eigenvalue weighted by Gasteiger charge is 2.12. The predicted molar refractivity (Wildman–Crippen MR) is 47.9 cm³/mol. The third-order valence-electron chi connectivity index (χ3n) is 1.68. The van der Waals surface area contributed by atoms with Crippen LogP contribution in [-0.4, -0.2) is 32.8 Å². The molecule has 0 unspecified atom stereocenters. The Hall–Kier alpha value is -1.99. The van der Waals surface area contributed by atoms with Gasteiger partial charge in [0, 0.05) is 11.5 Å². The summed E-state index contributed by atoms with van der Waals surface area (Å²) < 4.78 is 5.76. The van der Waals surface area contributed by atoms with Gasteiger partial charge in [-0.1, -0.05) is 4.98 Å². The Morgan fingerprint density at radius 1 is 1.73 bits per heavy atom. The van der Waals surface area contributed by atoms with E-state index >= 15 is 0 Å². The first-order valence-corrected chi connectivity index (χ1v) is 4.24. The lowest BCUT2D eigenvalue weighted by Crippen LogP contribution is -2.04. The number of aromatic nitrogens is 3. The zero-order valence-electron chi connectivity index (χ0n) is 8.12. The lowest BCUT2D eigenvalue weighted by Gasteiger charge is -1.96. The highest BCUT2D eigenvalue weighted by molar-refractivity contribution is 5.68. The molecule has 0 saturated heterocycles. The van der Waals surface area contributed by atoms with Crippen LogP contribution in [-0.2, 0) is 16.1 Å². The summed E-state index contributed by atoms with van der Waals surface area (Å²) in [7, 11) is 1.31. The second kappa shape index (κ2) is 5.03. The van der Waals surface area contributed by atoms with Crippen LogP contribution in [0.3, 0.4) is 0 Å². The summed E-state index contributed by atoms with van der Waals surface area (Å²) in [5.74, 6) is -0.752. The normalized spacial score (nSPS) is 9.93. The molecular formula is C7H10N4O4. The van der Waals surface area contributed by atoms with Gasteiger partial charge in [-0.3, -0.25) is 4.79 Å². The van der Waals surface area contributed by atoms with Crippen LogP contribution in [0, 0.1) is 10.1 Å². The molecule has 0 spiro atoms. The fraction of sp³-hybridized carbons (Fsp3) is 0.571. The summed E-state index contributed by atoms with van der Waals surface area (Å²) in [5.41, 5.74) is 0. The third kappa shape index (κ3) is 3.33. The quantitative estimate of drug-likeness (QED) is 0.392. The maximum absolute atomic E-state index is 10.7. The molecule has 0 aliphatic rings. The zero-order valence-corrected chi connectivity index (χ0v) is 8.12. The first kappa shape index (κ1) is 11.1. The van der Waals surface area contributed by atoms with Crippen molar-refractivity contribution in [3.8, 4) is 0 Å². The topological polar surface area (TPSA) is 100 Å². The van der Waals surface area contributed by atoms with E-state index in [9.17, 15) is 14.9 Å². The molecule has 1 rings (SSSR count). The van der Waals surface area contributed by atoms with E-state index in [2.05, 4.69) is 14.8 Å². The number of aryl methyl sites for hydroxylation is 1. The van der Waals surface area contributed by atoms with E-state index in [0.29, 0.717) is 13.0 Å². The van der Waals surface area contributed by atoms with Crippen LogP contribution in [0.15, 0.2) is 6.33 Å². The monoisotopic (exact) mass is 214 g/mol. The maximum atomic E-state index is 10.7. The van der Waals surface area contributed by atoms with Crippen LogP contribution in [0.5, 0.6) is 0 Å². The highest BCUT2D eigenvalue weighted by Crippen LogP contribution is 2.01. The average Bonchev–Trinajstić information content (AvgIpc) is 2.66. The largest absolute Gasteiger partial charge is 0.490 e. The van der Waals surface area contributed by atoms with Gasteiger partial charge in [-0.05, 0) is 11.3 Å². The summed E-state index contributed by atoms with van der Waals surface area (Å²) in [6.07, 6.45) is 2.02. The van der Waals surface area contributed by atoms with Gasteiger partial charge < -0.3 is 14.9 Å². The number of esters is 1. The first-order valence-electron chi connectivity index (χ1n) is 4.24. The number of nitro groups is 1. The van der Waals surface area contributed by atoms with E-state index in [1.54, 1.807) is 0 Å². The minimum absolute atomic E-state index is 0.254. The molecule has 15 heavy (non-hydrogen) atoms. The number of rotatable bonds is 5. The second-order valence-electron chi connectivity index (χ2n) is 2.74. The molecule has 0 aliphatic heterocycles. The Kier molecular flexibility index (Phi) is 3.72. The summed E-state index contributed by atoms with van der Waals surface area (Å²) >= 11 is 0. The van der Waals surface area contributed by atoms with Crippen molar-refractivity contribution in [2.24, 2.45) is 0 Å². The van der Waals surface area contributed by atoms with Gasteiger partial charge in [0.15, 0.2) is 0 Å². The van der Waals surface area contributed by atoms with Gasteiger partial charge in [-0.2, -0.15) is 4.68 Å². The van der Waals surface area contributed by atoms with Crippen molar-refractivity contribution in [1.29, 1.82) is 0 Å². The van der Waals surface area contributed by atoms with Crippen molar-refractivity contribution in [3.63, 3.8) is 0 Å². The number of nitrogens with zero attached hydrogens (tertiary/aromatic N) is 4. The fourth-order valence-corrected chi connectivity index (χ4v) is 0.964. The summed E-state index contributed by atoms with van der Waals surface area (Å²) in [6, 6.07) is 0. The average molecular weight is 214 g/mol. The molecule has 0 aliphatic carbocycles. The number of carbonyl (C=O) groups is 1. The molecule has 82 valence electrons. The van der Waals surface area contributed by atoms with Gasteiger partial charge in [-0.25, -0.2) is 0 Å². The first-order chi connectivity index (χ1) is 7.13. The number of hydrogen-bond donors (Lipinski definition) is 0. The summed E-state index contributed by atoms with van der Waals surface area (Å²) in [6.45, 7) is 0.399.